The molecule has 0 bridgehead atoms. The third-order valence-electron chi connectivity index (χ3n) is 10.4. The largest absolute Gasteiger partial charge is 0.465 e. The predicted molar refractivity (Wildman–Crippen MR) is 160 cm³/mol. The number of halogens is 1. The highest BCUT2D eigenvalue weighted by atomic mass is 35.5. The number of aliphatic hydroxyl groups is 1. The van der Waals surface area contributed by atoms with Crippen molar-refractivity contribution in [1.29, 1.82) is 0 Å². The number of hydrogen-bond donors (Lipinski definition) is 1. The maximum atomic E-state index is 11.7. The van der Waals surface area contributed by atoms with Gasteiger partial charge >= 0.3 is 11.9 Å². The summed E-state index contributed by atoms with van der Waals surface area (Å²) in [5.41, 5.74) is 1.21. The molecule has 0 spiro atoms. The van der Waals surface area contributed by atoms with E-state index in [0.29, 0.717) is 50.7 Å². The van der Waals surface area contributed by atoms with Gasteiger partial charge < -0.3 is 14.6 Å². The number of hydrogen-bond acceptors (Lipinski definition) is 6. The highest BCUT2D eigenvalue weighted by molar-refractivity contribution is 6.21. The first-order valence-corrected chi connectivity index (χ1v) is 16.0. The molecule has 4 fully saturated rings. The molecule has 0 aromatic rings. The maximum absolute atomic E-state index is 11.7. The molecular weight excluding hydrogens is 540 g/mol. The highest BCUT2D eigenvalue weighted by Crippen LogP contribution is 2.55. The molecule has 0 radical (unpaired) electrons. The Labute approximate surface area is 251 Å². The second-order valence-corrected chi connectivity index (χ2v) is 16.0. The van der Waals surface area contributed by atoms with E-state index in [0.717, 1.165) is 25.7 Å². The number of ketones is 1. The quantitative estimate of drug-likeness (QED) is 0.202. The van der Waals surface area contributed by atoms with E-state index >= 15 is 0 Å². The summed E-state index contributed by atoms with van der Waals surface area (Å²) in [6, 6.07) is 0. The van der Waals surface area contributed by atoms with Gasteiger partial charge in [0.05, 0.1) is 36.0 Å². The average molecular weight is 591 g/mol. The van der Waals surface area contributed by atoms with Crippen LogP contribution >= 0.6 is 11.6 Å². The van der Waals surface area contributed by atoms with Gasteiger partial charge in [0.2, 0.25) is 0 Å². The van der Waals surface area contributed by atoms with Crippen LogP contribution < -0.4 is 0 Å². The first kappa shape index (κ1) is 32.3. The van der Waals surface area contributed by atoms with E-state index in [-0.39, 0.29) is 57.6 Å². The minimum atomic E-state index is -0.698. The molecule has 7 heteroatoms. The van der Waals surface area contributed by atoms with Crippen LogP contribution in [0.2, 0.25) is 0 Å². The lowest BCUT2D eigenvalue weighted by Crippen LogP contribution is -2.53. The Morgan fingerprint density at radius 3 is 2.15 bits per heavy atom. The summed E-state index contributed by atoms with van der Waals surface area (Å²) >= 11 is 6.02. The summed E-state index contributed by atoms with van der Waals surface area (Å²) in [5, 5.41) is 11.6. The van der Waals surface area contributed by atoms with Crippen LogP contribution in [0.3, 0.4) is 0 Å². The van der Waals surface area contributed by atoms with Crippen molar-refractivity contribution in [2.45, 2.75) is 117 Å². The summed E-state index contributed by atoms with van der Waals surface area (Å²) in [6.45, 7) is 14.4. The van der Waals surface area contributed by atoms with E-state index in [1.807, 2.05) is 0 Å². The monoisotopic (exact) mass is 590 g/mol. The predicted octanol–water partition coefficient (Wildman–Crippen LogP) is 6.96. The molecule has 6 nitrogen and oxygen atoms in total. The summed E-state index contributed by atoms with van der Waals surface area (Å²) in [7, 11) is 0. The molecule has 2 saturated carbocycles. The van der Waals surface area contributed by atoms with Crippen molar-refractivity contribution < 1.29 is 29.0 Å². The van der Waals surface area contributed by atoms with Gasteiger partial charge in [-0.1, -0.05) is 58.4 Å². The van der Waals surface area contributed by atoms with Crippen molar-refractivity contribution in [1.82, 2.24) is 0 Å². The summed E-state index contributed by atoms with van der Waals surface area (Å²) < 4.78 is 10.0. The van der Waals surface area contributed by atoms with E-state index in [1.54, 1.807) is 0 Å². The van der Waals surface area contributed by atoms with Crippen LogP contribution in [0.4, 0.5) is 0 Å². The topological polar surface area (TPSA) is 89.9 Å². The second kappa shape index (κ2) is 12.1. The van der Waals surface area contributed by atoms with Gasteiger partial charge in [-0.2, -0.15) is 0 Å². The molecule has 0 amide bonds. The fraction of sp³-hybridized carbons (Fsp3) is 0.794. The lowest BCUT2D eigenvalue weighted by atomic mass is 9.55. The number of Topliss-reactive ketones (excluding diaryl/α,β-unsaturated/α-hetero) is 1. The Kier molecular flexibility index (Phi) is 9.56. The van der Waals surface area contributed by atoms with E-state index in [1.165, 1.54) is 12.0 Å². The number of carbonyl (C=O) groups is 3. The SMILES string of the molecule is CC1(C)CC=CC(C)([C@@]2(O)CC[C@H]3C(=O)OC[C@H]3C2)C1.CC1=CC(Cl)CC(C)(C)C1.O=C1CC[C@H]2C(=O)OC[C@H]2C1. The Balaban J connectivity index is 0.000000156. The van der Waals surface area contributed by atoms with Crippen molar-refractivity contribution >= 4 is 29.3 Å². The number of cyclic esters (lactones) is 2. The van der Waals surface area contributed by atoms with E-state index < -0.39 is 5.60 Å². The third-order valence-corrected chi connectivity index (χ3v) is 10.6. The van der Waals surface area contributed by atoms with Gasteiger partial charge in [-0.15, -0.1) is 11.6 Å². The van der Waals surface area contributed by atoms with Gasteiger partial charge in [0.1, 0.15) is 5.78 Å². The fourth-order valence-electron chi connectivity index (χ4n) is 8.34. The smallest absolute Gasteiger partial charge is 0.309 e. The zero-order chi connectivity index (χ0) is 30.2. The van der Waals surface area contributed by atoms with Gasteiger partial charge in [0.25, 0.3) is 0 Å². The first-order chi connectivity index (χ1) is 19.0. The Morgan fingerprint density at radius 2 is 1.54 bits per heavy atom. The van der Waals surface area contributed by atoms with Crippen LogP contribution in [0.5, 0.6) is 0 Å². The highest BCUT2D eigenvalue weighted by Gasteiger charge is 2.55. The summed E-state index contributed by atoms with van der Waals surface area (Å²) in [6.07, 6.45) is 15.0. The number of allylic oxidation sites excluding steroid dienone is 3. The number of esters is 2. The standard InChI is InChI=1S/C17H26O3.C9H15Cl.C8H10O3/c1-15(2)6-4-7-16(3,11-15)17(19)8-5-13-12(9-17)10-20-14(13)18;1-7-4-8(10)6-9(2,3)5-7;9-6-1-2-7-5(3-6)4-11-8(7)10/h4,7,12-13,19H,5-6,8-11H2,1-3H3;4,8H,5-6H2,1-3H3;5,7H,1-4H2/t12-,13-,16?,17-;;5-,7-/m1.1/s1. The van der Waals surface area contributed by atoms with Crippen molar-refractivity contribution in [3.63, 3.8) is 0 Å². The number of fused-ring (bicyclic) bond motifs is 2. The number of rotatable bonds is 1. The van der Waals surface area contributed by atoms with E-state index in [9.17, 15) is 19.5 Å². The molecule has 0 aromatic carbocycles. The van der Waals surface area contributed by atoms with Crippen LogP contribution in [0.15, 0.2) is 23.8 Å². The molecule has 1 N–H and O–H groups in total. The van der Waals surface area contributed by atoms with Crippen molar-refractivity contribution in [3.8, 4) is 0 Å². The van der Waals surface area contributed by atoms with Crippen LogP contribution in [0.25, 0.3) is 0 Å². The van der Waals surface area contributed by atoms with Gasteiger partial charge in [-0.05, 0) is 69.1 Å². The van der Waals surface area contributed by atoms with Crippen LogP contribution in [0, 0.1) is 39.9 Å². The van der Waals surface area contributed by atoms with E-state index in [2.05, 4.69) is 59.8 Å². The van der Waals surface area contributed by atoms with Gasteiger partial charge in [-0.3, -0.25) is 14.4 Å². The van der Waals surface area contributed by atoms with Crippen molar-refractivity contribution in [3.05, 3.63) is 23.8 Å². The lowest BCUT2D eigenvalue weighted by molar-refractivity contribution is -0.144. The zero-order valence-corrected chi connectivity index (χ0v) is 26.7. The minimum absolute atomic E-state index is 0.0273. The Bertz CT molecular complexity index is 1080. The molecular formula is C34H51ClO6. The van der Waals surface area contributed by atoms with Gasteiger partial charge in [-0.25, -0.2) is 0 Å². The van der Waals surface area contributed by atoms with Crippen LogP contribution in [0.1, 0.15) is 106 Å². The first-order valence-electron chi connectivity index (χ1n) is 15.6. The molecule has 4 aliphatic carbocycles. The number of alkyl halides is 1. The maximum Gasteiger partial charge on any atom is 0.309 e. The van der Waals surface area contributed by atoms with Crippen molar-refractivity contribution in [2.75, 3.05) is 13.2 Å². The molecule has 0 aromatic heterocycles. The van der Waals surface area contributed by atoms with Crippen LogP contribution in [-0.2, 0) is 23.9 Å². The summed E-state index contributed by atoms with van der Waals surface area (Å²) in [5.74, 6) is 0.598. The molecule has 6 aliphatic rings. The van der Waals surface area contributed by atoms with Crippen LogP contribution in [-0.4, -0.2) is 47.0 Å². The van der Waals surface area contributed by atoms with Gasteiger partial charge in [0, 0.05) is 30.1 Å². The molecule has 41 heavy (non-hydrogen) atoms. The van der Waals surface area contributed by atoms with Crippen molar-refractivity contribution in [2.24, 2.45) is 39.9 Å². The molecule has 6 rings (SSSR count). The zero-order valence-electron chi connectivity index (χ0n) is 26.0. The molecule has 7 atom stereocenters. The number of carbonyl (C=O) groups excluding carboxylic acids is 3. The third kappa shape index (κ3) is 7.65. The Hall–Kier alpha value is -1.66. The van der Waals surface area contributed by atoms with E-state index in [4.69, 9.17) is 21.1 Å². The fourth-order valence-corrected chi connectivity index (χ4v) is 8.98. The molecule has 2 aliphatic heterocycles. The van der Waals surface area contributed by atoms with Gasteiger partial charge in [0.15, 0.2) is 0 Å². The minimum Gasteiger partial charge on any atom is -0.465 e. The lowest BCUT2D eigenvalue weighted by Gasteiger charge is -2.52. The molecule has 2 unspecified atom stereocenters. The molecule has 230 valence electrons. The average Bonchev–Trinajstić information content (AvgIpc) is 3.38. The molecule has 2 heterocycles. The second-order valence-electron chi connectivity index (χ2n) is 15.5. The summed E-state index contributed by atoms with van der Waals surface area (Å²) in [4.78, 5) is 33.6. The number of ether oxygens (including phenoxy) is 2. The Morgan fingerprint density at radius 1 is 0.902 bits per heavy atom. The normalized spacial score (nSPS) is 40.4. The molecule has 2 saturated heterocycles.